The van der Waals surface area contributed by atoms with Crippen molar-refractivity contribution in [1.82, 2.24) is 4.57 Å². The summed E-state index contributed by atoms with van der Waals surface area (Å²) in [5.41, 5.74) is 2.52. The first-order valence-corrected chi connectivity index (χ1v) is 13.4. The molecule has 1 atom stereocenters. The number of halogens is 1. The molecule has 3 fully saturated rings. The van der Waals surface area contributed by atoms with E-state index in [-0.39, 0.29) is 17.7 Å². The average Bonchev–Trinajstić information content (AvgIpc) is 3.61. The zero-order valence-electron chi connectivity index (χ0n) is 21.0. The molecule has 3 heterocycles. The molecule has 0 bridgehead atoms. The van der Waals surface area contributed by atoms with Gasteiger partial charge in [-0.3, -0.25) is 9.36 Å². The zero-order valence-corrected chi connectivity index (χ0v) is 21.0. The van der Waals surface area contributed by atoms with Crippen LogP contribution in [0.4, 0.5) is 10.1 Å². The Morgan fingerprint density at radius 3 is 2.68 bits per heavy atom. The first-order chi connectivity index (χ1) is 18.1. The first kappa shape index (κ1) is 24.2. The second kappa shape index (κ2) is 10.7. The van der Waals surface area contributed by atoms with Gasteiger partial charge >= 0.3 is 0 Å². The van der Waals surface area contributed by atoms with E-state index in [1.807, 2.05) is 24.3 Å². The molecule has 3 aromatic rings. The van der Waals surface area contributed by atoms with Crippen LogP contribution in [0.5, 0.6) is 5.75 Å². The van der Waals surface area contributed by atoms with Crippen molar-refractivity contribution in [3.05, 3.63) is 76.5 Å². The number of pyridine rings is 1. The maximum Gasteiger partial charge on any atom is 0.262 e. The van der Waals surface area contributed by atoms with Gasteiger partial charge in [0, 0.05) is 30.7 Å². The second-order valence-corrected chi connectivity index (χ2v) is 10.2. The van der Waals surface area contributed by atoms with Crippen LogP contribution >= 0.6 is 0 Å². The molecule has 0 amide bonds. The minimum Gasteiger partial charge on any atom is -0.488 e. The highest BCUT2D eigenvalue weighted by Crippen LogP contribution is 2.31. The van der Waals surface area contributed by atoms with E-state index in [0.717, 1.165) is 24.9 Å². The smallest absolute Gasteiger partial charge is 0.262 e. The van der Waals surface area contributed by atoms with E-state index < -0.39 is 0 Å². The van der Waals surface area contributed by atoms with Crippen molar-refractivity contribution in [2.45, 2.75) is 44.8 Å². The summed E-state index contributed by atoms with van der Waals surface area (Å²) in [6, 6.07) is 12.3. The summed E-state index contributed by atoms with van der Waals surface area (Å²) < 4.78 is 33.3. The van der Waals surface area contributed by atoms with Gasteiger partial charge < -0.3 is 19.1 Å². The van der Waals surface area contributed by atoms with Crippen molar-refractivity contribution in [2.24, 2.45) is 5.92 Å². The molecule has 2 saturated heterocycles. The third-order valence-corrected chi connectivity index (χ3v) is 7.69. The Hall–Kier alpha value is -3.16. The normalized spacial score (nSPS) is 20.6. The van der Waals surface area contributed by atoms with Crippen molar-refractivity contribution >= 4 is 16.5 Å². The number of aromatic nitrogens is 1. The van der Waals surface area contributed by atoms with Crippen molar-refractivity contribution in [3.63, 3.8) is 0 Å². The van der Waals surface area contributed by atoms with E-state index in [0.29, 0.717) is 48.2 Å². The highest BCUT2D eigenvalue weighted by Gasteiger charge is 2.24. The van der Waals surface area contributed by atoms with Crippen LogP contribution in [0, 0.1) is 11.7 Å². The van der Waals surface area contributed by atoms with Gasteiger partial charge in [-0.15, -0.1) is 0 Å². The Kier molecular flexibility index (Phi) is 6.98. The maximum atomic E-state index is 15.3. The van der Waals surface area contributed by atoms with Crippen LogP contribution < -0.4 is 15.2 Å². The van der Waals surface area contributed by atoms with Crippen LogP contribution in [-0.4, -0.2) is 43.8 Å². The third-order valence-electron chi connectivity index (χ3n) is 7.69. The zero-order chi connectivity index (χ0) is 25.2. The Bertz CT molecular complexity index is 1350. The lowest BCUT2D eigenvalue weighted by atomic mass is 9.92. The maximum absolute atomic E-state index is 15.3. The standard InChI is InChI=1S/C30H33FN2O4/c31-27-18-24(6-9-28(27)32-12-10-22(19-32)16-21-4-2-1-3-5-21)33-13-11-23-17-25(7-8-26(23)30(33)34)37-20-29-35-14-15-36-29/h6-9,11,13,16-18,22,29H,1-5,10,12,14-15,19-20H2/t22-/m0/s1. The predicted molar refractivity (Wildman–Crippen MR) is 142 cm³/mol. The Balaban J connectivity index is 1.17. The molecule has 7 heteroatoms. The van der Waals surface area contributed by atoms with Gasteiger partial charge in [-0.1, -0.05) is 18.1 Å². The van der Waals surface area contributed by atoms with E-state index in [1.54, 1.807) is 23.9 Å². The fraction of sp³-hybridized carbons (Fsp3) is 0.433. The summed E-state index contributed by atoms with van der Waals surface area (Å²) in [7, 11) is 0. The lowest BCUT2D eigenvalue weighted by Crippen LogP contribution is -2.22. The molecule has 2 aliphatic heterocycles. The van der Waals surface area contributed by atoms with Crippen LogP contribution in [0.2, 0.25) is 0 Å². The summed E-state index contributed by atoms with van der Waals surface area (Å²) in [6.45, 7) is 3.14. The van der Waals surface area contributed by atoms with Crippen molar-refractivity contribution in [3.8, 4) is 11.4 Å². The van der Waals surface area contributed by atoms with Crippen molar-refractivity contribution < 1.29 is 18.6 Å². The third kappa shape index (κ3) is 5.29. The van der Waals surface area contributed by atoms with Gasteiger partial charge in [-0.2, -0.15) is 0 Å². The molecular formula is C30H33FN2O4. The number of benzene rings is 2. The van der Waals surface area contributed by atoms with Gasteiger partial charge in [0.05, 0.1) is 24.6 Å². The van der Waals surface area contributed by atoms with E-state index in [9.17, 15) is 4.79 Å². The molecule has 0 unspecified atom stereocenters. The largest absolute Gasteiger partial charge is 0.488 e. The van der Waals surface area contributed by atoms with E-state index in [2.05, 4.69) is 11.0 Å². The Labute approximate surface area is 216 Å². The summed E-state index contributed by atoms with van der Waals surface area (Å²) >= 11 is 0. The lowest BCUT2D eigenvalue weighted by molar-refractivity contribution is -0.0683. The van der Waals surface area contributed by atoms with Crippen LogP contribution in [0.15, 0.2) is 65.1 Å². The van der Waals surface area contributed by atoms with Crippen LogP contribution in [-0.2, 0) is 9.47 Å². The van der Waals surface area contributed by atoms with Crippen molar-refractivity contribution in [2.75, 3.05) is 37.8 Å². The molecular weight excluding hydrogens is 471 g/mol. The molecule has 37 heavy (non-hydrogen) atoms. The van der Waals surface area contributed by atoms with Crippen LogP contribution in [0.25, 0.3) is 16.5 Å². The van der Waals surface area contributed by atoms with Gasteiger partial charge in [-0.25, -0.2) is 4.39 Å². The summed E-state index contributed by atoms with van der Waals surface area (Å²) in [6.07, 6.45) is 11.2. The number of anilines is 1. The lowest BCUT2D eigenvalue weighted by Gasteiger charge is -2.20. The number of nitrogens with zero attached hydrogens (tertiary/aromatic N) is 2. The van der Waals surface area contributed by atoms with Gasteiger partial charge in [0.2, 0.25) is 0 Å². The fourth-order valence-corrected chi connectivity index (χ4v) is 5.74. The van der Waals surface area contributed by atoms with Gasteiger partial charge in [0.15, 0.2) is 6.29 Å². The average molecular weight is 505 g/mol. The number of rotatable bonds is 6. The van der Waals surface area contributed by atoms with E-state index in [1.165, 1.54) is 42.7 Å². The molecule has 1 aliphatic carbocycles. The molecule has 194 valence electrons. The minimum atomic E-state index is -0.359. The number of ether oxygens (including phenoxy) is 3. The highest BCUT2D eigenvalue weighted by molar-refractivity contribution is 5.83. The van der Waals surface area contributed by atoms with Crippen LogP contribution in [0.1, 0.15) is 38.5 Å². The Morgan fingerprint density at radius 2 is 1.86 bits per heavy atom. The van der Waals surface area contributed by atoms with Gasteiger partial charge in [0.1, 0.15) is 18.2 Å². The molecule has 3 aliphatic rings. The van der Waals surface area contributed by atoms with Crippen molar-refractivity contribution in [1.29, 1.82) is 0 Å². The molecule has 0 N–H and O–H groups in total. The minimum absolute atomic E-state index is 0.195. The quantitative estimate of drug-likeness (QED) is 0.409. The SMILES string of the molecule is O=c1c2ccc(OCC3OCCO3)cc2ccn1-c1ccc(N2CC[C@@H](C=C3CCCCC3)C2)c(F)c1. The highest BCUT2D eigenvalue weighted by atomic mass is 19.1. The molecule has 6 nitrogen and oxygen atoms in total. The molecule has 2 aromatic carbocycles. The van der Waals surface area contributed by atoms with Gasteiger partial charge in [-0.05, 0) is 79.8 Å². The Morgan fingerprint density at radius 1 is 1.03 bits per heavy atom. The summed E-state index contributed by atoms with van der Waals surface area (Å²) in [4.78, 5) is 15.4. The number of fused-ring (bicyclic) bond motifs is 1. The molecule has 1 saturated carbocycles. The van der Waals surface area contributed by atoms with E-state index in [4.69, 9.17) is 14.2 Å². The number of hydrogen-bond acceptors (Lipinski definition) is 5. The summed E-state index contributed by atoms with van der Waals surface area (Å²) in [5.74, 6) is 0.833. The molecule has 0 spiro atoms. The molecule has 6 rings (SSSR count). The van der Waals surface area contributed by atoms with Crippen LogP contribution in [0.3, 0.4) is 0 Å². The summed E-state index contributed by atoms with van der Waals surface area (Å²) in [5, 5.41) is 1.31. The monoisotopic (exact) mass is 504 g/mol. The second-order valence-electron chi connectivity index (χ2n) is 10.2. The number of hydrogen-bond donors (Lipinski definition) is 0. The first-order valence-electron chi connectivity index (χ1n) is 13.4. The number of allylic oxidation sites excluding steroid dienone is 1. The molecule has 0 radical (unpaired) electrons. The fourth-order valence-electron chi connectivity index (χ4n) is 5.74. The van der Waals surface area contributed by atoms with Gasteiger partial charge in [0.25, 0.3) is 5.56 Å². The van der Waals surface area contributed by atoms with E-state index >= 15 is 4.39 Å². The topological polar surface area (TPSA) is 52.9 Å². The molecule has 1 aromatic heterocycles. The predicted octanol–water partition coefficient (Wildman–Crippen LogP) is 5.60.